The molecule has 1 N–H and O–H groups in total. The van der Waals surface area contributed by atoms with Gasteiger partial charge in [-0.15, -0.1) is 29.3 Å². The quantitative estimate of drug-likeness (QED) is 0.167. The summed E-state index contributed by atoms with van der Waals surface area (Å²) in [7, 11) is 0. The molecule has 1 amide bonds. The molecule has 10 heteroatoms. The summed E-state index contributed by atoms with van der Waals surface area (Å²) in [5.41, 5.74) is 2.60. The Bertz CT molecular complexity index is 1430. The molecule has 2 aliphatic rings. The fourth-order valence-corrected chi connectivity index (χ4v) is 8.70. The van der Waals surface area contributed by atoms with E-state index in [1.54, 1.807) is 28.9 Å². The molecular formula is C27H31N3O4S3. The number of aryl methyl sites for hydroxylation is 2. The standard InChI is InChI=1S/C27H31N3O4S3/c1-4-12-30-25(32)21-16-8-6-7-9-18(16)36-23(21)29-27(30)35-14-20(31)28-24-22(26(33)34-5-2)17-11-10-15(3)13-19(17)37-24/h4,15H,1,5-14H2,2-3H3,(H,28,31)/t15-/m1/s1. The Labute approximate surface area is 228 Å². The van der Waals surface area contributed by atoms with Gasteiger partial charge in [0.15, 0.2) is 5.16 Å². The zero-order chi connectivity index (χ0) is 26.1. The predicted octanol–water partition coefficient (Wildman–Crippen LogP) is 5.62. The molecule has 0 spiro atoms. The van der Waals surface area contributed by atoms with E-state index in [1.807, 2.05) is 0 Å². The lowest BCUT2D eigenvalue weighted by Crippen LogP contribution is -2.24. The summed E-state index contributed by atoms with van der Waals surface area (Å²) in [5, 5.41) is 4.76. The van der Waals surface area contributed by atoms with Gasteiger partial charge in [-0.05, 0) is 68.9 Å². The first-order valence-corrected chi connectivity index (χ1v) is 15.4. The molecule has 1 atom stereocenters. The topological polar surface area (TPSA) is 90.3 Å². The van der Waals surface area contributed by atoms with Gasteiger partial charge in [-0.3, -0.25) is 14.2 Å². The number of nitrogens with one attached hydrogen (secondary N) is 1. The van der Waals surface area contributed by atoms with Crippen molar-refractivity contribution in [1.29, 1.82) is 0 Å². The minimum absolute atomic E-state index is 0.0585. The highest BCUT2D eigenvalue weighted by Crippen LogP contribution is 2.40. The second kappa shape index (κ2) is 11.1. The van der Waals surface area contributed by atoms with Crippen LogP contribution in [0.4, 0.5) is 5.00 Å². The third-order valence-electron chi connectivity index (χ3n) is 6.93. The van der Waals surface area contributed by atoms with Gasteiger partial charge in [-0.1, -0.05) is 24.8 Å². The number of thiophene rings is 2. The first kappa shape index (κ1) is 26.2. The molecule has 0 saturated carbocycles. The third kappa shape index (κ3) is 5.15. The average molecular weight is 558 g/mol. The molecule has 0 radical (unpaired) electrons. The smallest absolute Gasteiger partial charge is 0.341 e. The Balaban J connectivity index is 1.39. The Hall–Kier alpha value is -2.43. The Morgan fingerprint density at radius 1 is 1.22 bits per heavy atom. The van der Waals surface area contributed by atoms with Crippen LogP contribution in [0.1, 0.15) is 64.3 Å². The molecular weight excluding hydrogens is 527 g/mol. The molecule has 2 aliphatic carbocycles. The van der Waals surface area contributed by atoms with Gasteiger partial charge in [0, 0.05) is 16.3 Å². The summed E-state index contributed by atoms with van der Waals surface area (Å²) in [6.07, 6.45) is 8.56. The zero-order valence-corrected chi connectivity index (χ0v) is 23.6. The van der Waals surface area contributed by atoms with Crippen LogP contribution in [0.3, 0.4) is 0 Å². The SMILES string of the molecule is C=CCn1c(SCC(=O)Nc2sc3c(c2C(=O)OCC)CC[C@@H](C)C3)nc2sc3c(c2c1=O)CCCC3. The first-order chi connectivity index (χ1) is 17.9. The van der Waals surface area contributed by atoms with Crippen LogP contribution in [-0.4, -0.2) is 33.8 Å². The normalized spacial score (nSPS) is 16.8. The fraction of sp³-hybridized carbons (Fsp3) is 0.481. The predicted molar refractivity (Wildman–Crippen MR) is 152 cm³/mol. The van der Waals surface area contributed by atoms with E-state index in [-0.39, 0.29) is 29.8 Å². The van der Waals surface area contributed by atoms with Crippen LogP contribution in [0.5, 0.6) is 0 Å². The van der Waals surface area contributed by atoms with Crippen LogP contribution in [0, 0.1) is 5.92 Å². The van der Waals surface area contributed by atoms with Crippen LogP contribution in [0.15, 0.2) is 22.6 Å². The lowest BCUT2D eigenvalue weighted by Gasteiger charge is -2.18. The summed E-state index contributed by atoms with van der Waals surface area (Å²) >= 11 is 4.32. The molecule has 0 fully saturated rings. The summed E-state index contributed by atoms with van der Waals surface area (Å²) in [5.74, 6) is -0.00871. The van der Waals surface area contributed by atoms with E-state index >= 15 is 0 Å². The number of carbonyl (C=O) groups is 2. The van der Waals surface area contributed by atoms with E-state index in [4.69, 9.17) is 9.72 Å². The van der Waals surface area contributed by atoms with Gasteiger partial charge in [0.25, 0.3) is 5.56 Å². The number of ether oxygens (including phenoxy) is 1. The molecule has 37 heavy (non-hydrogen) atoms. The van der Waals surface area contributed by atoms with Gasteiger partial charge in [-0.2, -0.15) is 0 Å². The minimum Gasteiger partial charge on any atom is -0.462 e. The summed E-state index contributed by atoms with van der Waals surface area (Å²) < 4.78 is 6.93. The molecule has 7 nitrogen and oxygen atoms in total. The van der Waals surface area contributed by atoms with Crippen molar-refractivity contribution in [3.05, 3.63) is 49.5 Å². The largest absolute Gasteiger partial charge is 0.462 e. The van der Waals surface area contributed by atoms with Gasteiger partial charge >= 0.3 is 5.97 Å². The van der Waals surface area contributed by atoms with Crippen molar-refractivity contribution in [2.24, 2.45) is 5.92 Å². The number of fused-ring (bicyclic) bond motifs is 4. The summed E-state index contributed by atoms with van der Waals surface area (Å²) in [6.45, 7) is 8.41. The van der Waals surface area contributed by atoms with Crippen LogP contribution < -0.4 is 10.9 Å². The van der Waals surface area contributed by atoms with Crippen LogP contribution in [0.2, 0.25) is 0 Å². The molecule has 0 aliphatic heterocycles. The van der Waals surface area contributed by atoms with Crippen LogP contribution >= 0.6 is 34.4 Å². The number of esters is 1. The van der Waals surface area contributed by atoms with Crippen molar-refractivity contribution in [3.8, 4) is 0 Å². The average Bonchev–Trinajstić information content (AvgIpc) is 3.42. The van der Waals surface area contributed by atoms with Crippen molar-refractivity contribution >= 4 is 61.5 Å². The number of rotatable bonds is 8. The van der Waals surface area contributed by atoms with E-state index in [9.17, 15) is 14.4 Å². The second-order valence-electron chi connectivity index (χ2n) is 9.60. The third-order valence-corrected chi connectivity index (χ3v) is 10.3. The molecule has 3 aromatic rings. The Morgan fingerprint density at radius 3 is 2.81 bits per heavy atom. The molecule has 0 aromatic carbocycles. The number of nitrogens with zero attached hydrogens (tertiary/aromatic N) is 2. The number of aromatic nitrogens is 2. The fourth-order valence-electron chi connectivity index (χ4n) is 5.17. The van der Waals surface area contributed by atoms with E-state index in [2.05, 4.69) is 18.8 Å². The molecule has 5 rings (SSSR count). The lowest BCUT2D eigenvalue weighted by atomic mass is 9.88. The number of allylic oxidation sites excluding steroid dienone is 1. The number of hydrogen-bond acceptors (Lipinski definition) is 8. The first-order valence-electron chi connectivity index (χ1n) is 12.8. The number of anilines is 1. The van der Waals surface area contributed by atoms with Crippen LogP contribution in [0.25, 0.3) is 10.2 Å². The van der Waals surface area contributed by atoms with Gasteiger partial charge in [0.2, 0.25) is 5.91 Å². The maximum Gasteiger partial charge on any atom is 0.341 e. The molecule has 3 heterocycles. The van der Waals surface area contributed by atoms with Gasteiger partial charge in [0.1, 0.15) is 9.83 Å². The number of carbonyl (C=O) groups excluding carboxylic acids is 2. The number of thioether (sulfide) groups is 1. The minimum atomic E-state index is -0.383. The molecule has 3 aromatic heterocycles. The maximum atomic E-state index is 13.4. The summed E-state index contributed by atoms with van der Waals surface area (Å²) in [6, 6.07) is 0. The maximum absolute atomic E-state index is 13.4. The highest BCUT2D eigenvalue weighted by Gasteiger charge is 2.29. The molecule has 0 unspecified atom stereocenters. The number of amides is 1. The van der Waals surface area contributed by atoms with Gasteiger partial charge in [0.05, 0.1) is 23.3 Å². The van der Waals surface area contributed by atoms with Crippen LogP contribution in [-0.2, 0) is 41.8 Å². The summed E-state index contributed by atoms with van der Waals surface area (Å²) in [4.78, 5) is 47.3. The van der Waals surface area contributed by atoms with Crippen molar-refractivity contribution in [2.75, 3.05) is 17.7 Å². The molecule has 0 bridgehead atoms. The van der Waals surface area contributed by atoms with E-state index in [1.165, 1.54) is 28.0 Å². The van der Waals surface area contributed by atoms with Gasteiger partial charge < -0.3 is 10.1 Å². The monoisotopic (exact) mass is 557 g/mol. The Kier molecular flexibility index (Phi) is 7.88. The molecule has 0 saturated heterocycles. The highest BCUT2D eigenvalue weighted by molar-refractivity contribution is 7.99. The molecule has 196 valence electrons. The van der Waals surface area contributed by atoms with Crippen molar-refractivity contribution in [2.45, 2.75) is 70.5 Å². The Morgan fingerprint density at radius 2 is 2.03 bits per heavy atom. The number of hydrogen-bond donors (Lipinski definition) is 1. The van der Waals surface area contributed by atoms with E-state index in [0.29, 0.717) is 28.2 Å². The highest BCUT2D eigenvalue weighted by atomic mass is 32.2. The van der Waals surface area contributed by atoms with Crippen molar-refractivity contribution in [1.82, 2.24) is 9.55 Å². The van der Waals surface area contributed by atoms with E-state index < -0.39 is 0 Å². The second-order valence-corrected chi connectivity index (χ2v) is 12.7. The van der Waals surface area contributed by atoms with Crippen molar-refractivity contribution in [3.63, 3.8) is 0 Å². The van der Waals surface area contributed by atoms with Crippen molar-refractivity contribution < 1.29 is 14.3 Å². The van der Waals surface area contributed by atoms with Gasteiger partial charge in [-0.25, -0.2) is 9.78 Å². The zero-order valence-electron chi connectivity index (χ0n) is 21.2. The lowest BCUT2D eigenvalue weighted by molar-refractivity contribution is -0.113. The van der Waals surface area contributed by atoms with E-state index in [0.717, 1.165) is 71.2 Å².